The molecular weight excluding hydrogens is 186 g/mol. The lowest BCUT2D eigenvalue weighted by atomic mass is 9.95. The van der Waals surface area contributed by atoms with Crippen LogP contribution in [0, 0.1) is 5.92 Å². The third kappa shape index (κ3) is 2.10. The standard InChI is InChI=1S/C11H14F2O/c1-8(2)11(12,13)10(14)9-6-4-3-5-7-9/h3-8,10,14H,1-2H3. The van der Waals surface area contributed by atoms with E-state index < -0.39 is 17.9 Å². The lowest BCUT2D eigenvalue weighted by Gasteiger charge is -2.26. The molecule has 0 aliphatic rings. The Labute approximate surface area is 82.4 Å². The topological polar surface area (TPSA) is 20.2 Å². The van der Waals surface area contributed by atoms with Crippen LogP contribution in [-0.4, -0.2) is 11.0 Å². The molecule has 1 rings (SSSR count). The molecule has 78 valence electrons. The molecule has 1 aromatic carbocycles. The number of halogens is 2. The summed E-state index contributed by atoms with van der Waals surface area (Å²) < 4.78 is 26.8. The van der Waals surface area contributed by atoms with Crippen molar-refractivity contribution in [2.45, 2.75) is 25.9 Å². The van der Waals surface area contributed by atoms with Crippen molar-refractivity contribution in [2.24, 2.45) is 5.92 Å². The molecule has 0 spiro atoms. The number of benzene rings is 1. The second kappa shape index (κ2) is 4.05. The predicted molar refractivity (Wildman–Crippen MR) is 51.2 cm³/mol. The fraction of sp³-hybridized carbons (Fsp3) is 0.455. The summed E-state index contributed by atoms with van der Waals surface area (Å²) in [5, 5.41) is 9.47. The summed E-state index contributed by atoms with van der Waals surface area (Å²) in [6, 6.07) is 8.00. The highest BCUT2D eigenvalue weighted by molar-refractivity contribution is 5.19. The van der Waals surface area contributed by atoms with Crippen molar-refractivity contribution >= 4 is 0 Å². The molecule has 0 bridgehead atoms. The van der Waals surface area contributed by atoms with Crippen LogP contribution < -0.4 is 0 Å². The predicted octanol–water partition coefficient (Wildman–Crippen LogP) is 3.01. The molecule has 0 aromatic heterocycles. The summed E-state index contributed by atoms with van der Waals surface area (Å²) in [6.45, 7) is 2.79. The molecule has 1 atom stereocenters. The Balaban J connectivity index is 2.90. The van der Waals surface area contributed by atoms with Crippen LogP contribution in [-0.2, 0) is 0 Å². The molecule has 14 heavy (non-hydrogen) atoms. The molecule has 0 fully saturated rings. The van der Waals surface area contributed by atoms with Crippen molar-refractivity contribution in [3.05, 3.63) is 35.9 Å². The Morgan fingerprint density at radius 3 is 2.07 bits per heavy atom. The van der Waals surface area contributed by atoms with Gasteiger partial charge in [-0.15, -0.1) is 0 Å². The quantitative estimate of drug-likeness (QED) is 0.795. The smallest absolute Gasteiger partial charge is 0.279 e. The van der Waals surface area contributed by atoms with Crippen molar-refractivity contribution in [1.29, 1.82) is 0 Å². The number of hydrogen-bond donors (Lipinski definition) is 1. The molecule has 0 saturated heterocycles. The van der Waals surface area contributed by atoms with Crippen LogP contribution in [0.25, 0.3) is 0 Å². The Morgan fingerprint density at radius 1 is 1.14 bits per heavy atom. The Hall–Kier alpha value is -0.960. The van der Waals surface area contributed by atoms with Crippen LogP contribution in [0.3, 0.4) is 0 Å². The van der Waals surface area contributed by atoms with E-state index in [2.05, 4.69) is 0 Å². The van der Waals surface area contributed by atoms with Gasteiger partial charge in [0.15, 0.2) is 0 Å². The first-order valence-electron chi connectivity index (χ1n) is 4.57. The molecule has 1 N–H and O–H groups in total. The van der Waals surface area contributed by atoms with Gasteiger partial charge < -0.3 is 5.11 Å². The van der Waals surface area contributed by atoms with Gasteiger partial charge in [-0.1, -0.05) is 44.2 Å². The normalized spacial score (nSPS) is 14.4. The number of hydrogen-bond acceptors (Lipinski definition) is 1. The van der Waals surface area contributed by atoms with E-state index in [-0.39, 0.29) is 5.56 Å². The van der Waals surface area contributed by atoms with Crippen molar-refractivity contribution < 1.29 is 13.9 Å². The zero-order chi connectivity index (χ0) is 10.8. The van der Waals surface area contributed by atoms with Crippen molar-refractivity contribution in [3.8, 4) is 0 Å². The fourth-order valence-corrected chi connectivity index (χ4v) is 1.17. The van der Waals surface area contributed by atoms with Gasteiger partial charge in [-0.2, -0.15) is 0 Å². The molecule has 1 aromatic rings. The zero-order valence-corrected chi connectivity index (χ0v) is 8.24. The first-order chi connectivity index (χ1) is 6.46. The molecule has 3 heteroatoms. The third-order valence-electron chi connectivity index (χ3n) is 2.25. The van der Waals surface area contributed by atoms with Gasteiger partial charge in [0.2, 0.25) is 0 Å². The van der Waals surface area contributed by atoms with E-state index in [0.717, 1.165) is 0 Å². The van der Waals surface area contributed by atoms with E-state index in [1.807, 2.05) is 0 Å². The summed E-state index contributed by atoms with van der Waals surface area (Å²) in [7, 11) is 0. The van der Waals surface area contributed by atoms with Crippen LogP contribution in [0.2, 0.25) is 0 Å². The van der Waals surface area contributed by atoms with E-state index in [1.165, 1.54) is 26.0 Å². The largest absolute Gasteiger partial charge is 0.382 e. The van der Waals surface area contributed by atoms with Gasteiger partial charge >= 0.3 is 0 Å². The van der Waals surface area contributed by atoms with Crippen LogP contribution in [0.5, 0.6) is 0 Å². The average molecular weight is 200 g/mol. The number of alkyl halides is 2. The van der Waals surface area contributed by atoms with Gasteiger partial charge in [0.25, 0.3) is 5.92 Å². The minimum Gasteiger partial charge on any atom is -0.382 e. The summed E-state index contributed by atoms with van der Waals surface area (Å²) in [5.41, 5.74) is 0.256. The van der Waals surface area contributed by atoms with Gasteiger partial charge in [-0.25, -0.2) is 8.78 Å². The average Bonchev–Trinajstić information content (AvgIpc) is 2.17. The minimum atomic E-state index is -3.08. The van der Waals surface area contributed by atoms with Gasteiger partial charge in [0.05, 0.1) is 0 Å². The second-order valence-electron chi connectivity index (χ2n) is 3.64. The second-order valence-corrected chi connectivity index (χ2v) is 3.64. The molecular formula is C11H14F2O. The molecule has 0 heterocycles. The first-order valence-corrected chi connectivity index (χ1v) is 4.57. The number of aliphatic hydroxyl groups is 1. The Kier molecular flexibility index (Phi) is 3.21. The van der Waals surface area contributed by atoms with E-state index in [4.69, 9.17) is 0 Å². The molecule has 1 nitrogen and oxygen atoms in total. The van der Waals surface area contributed by atoms with Gasteiger partial charge in [0, 0.05) is 5.92 Å². The highest BCUT2D eigenvalue weighted by atomic mass is 19.3. The van der Waals surface area contributed by atoms with Crippen LogP contribution in [0.1, 0.15) is 25.5 Å². The Morgan fingerprint density at radius 2 is 1.64 bits per heavy atom. The van der Waals surface area contributed by atoms with E-state index in [9.17, 15) is 13.9 Å². The monoisotopic (exact) mass is 200 g/mol. The fourth-order valence-electron chi connectivity index (χ4n) is 1.17. The molecule has 0 aliphatic heterocycles. The van der Waals surface area contributed by atoms with Crippen molar-refractivity contribution in [1.82, 2.24) is 0 Å². The highest BCUT2D eigenvalue weighted by Gasteiger charge is 2.42. The molecule has 0 amide bonds. The lowest BCUT2D eigenvalue weighted by molar-refractivity contribution is -0.141. The lowest BCUT2D eigenvalue weighted by Crippen LogP contribution is -2.32. The summed E-state index contributed by atoms with van der Waals surface area (Å²) in [6.07, 6.45) is -1.72. The van der Waals surface area contributed by atoms with Crippen molar-refractivity contribution in [2.75, 3.05) is 0 Å². The van der Waals surface area contributed by atoms with E-state index in [0.29, 0.717) is 0 Å². The third-order valence-corrected chi connectivity index (χ3v) is 2.25. The number of rotatable bonds is 3. The van der Waals surface area contributed by atoms with E-state index in [1.54, 1.807) is 18.2 Å². The zero-order valence-electron chi connectivity index (χ0n) is 8.24. The maximum atomic E-state index is 13.4. The summed E-state index contributed by atoms with van der Waals surface area (Å²) in [4.78, 5) is 0. The SMILES string of the molecule is CC(C)C(F)(F)C(O)c1ccccc1. The Bertz CT molecular complexity index is 283. The molecule has 1 unspecified atom stereocenters. The maximum Gasteiger partial charge on any atom is 0.279 e. The minimum absolute atomic E-state index is 0.256. The van der Waals surface area contributed by atoms with E-state index >= 15 is 0 Å². The molecule has 0 aliphatic carbocycles. The summed E-state index contributed by atoms with van der Waals surface area (Å²) in [5.74, 6) is -3.96. The molecule has 0 radical (unpaired) electrons. The van der Waals surface area contributed by atoms with Gasteiger partial charge in [-0.05, 0) is 5.56 Å². The highest BCUT2D eigenvalue weighted by Crippen LogP contribution is 2.37. The maximum absolute atomic E-state index is 13.4. The van der Waals surface area contributed by atoms with Gasteiger partial charge in [-0.3, -0.25) is 0 Å². The summed E-state index contributed by atoms with van der Waals surface area (Å²) >= 11 is 0. The van der Waals surface area contributed by atoms with Gasteiger partial charge in [0.1, 0.15) is 6.10 Å². The van der Waals surface area contributed by atoms with Crippen LogP contribution in [0.15, 0.2) is 30.3 Å². The molecule has 0 saturated carbocycles. The van der Waals surface area contributed by atoms with Crippen molar-refractivity contribution in [3.63, 3.8) is 0 Å². The van der Waals surface area contributed by atoms with Crippen LogP contribution >= 0.6 is 0 Å². The number of aliphatic hydroxyl groups excluding tert-OH is 1. The van der Waals surface area contributed by atoms with Crippen LogP contribution in [0.4, 0.5) is 8.78 Å². The first kappa shape index (κ1) is 11.1.